The highest BCUT2D eigenvalue weighted by Crippen LogP contribution is 2.40. The van der Waals surface area contributed by atoms with E-state index in [9.17, 15) is 14.7 Å². The Morgan fingerprint density at radius 3 is 2.58 bits per heavy atom. The number of rotatable bonds is 7. The summed E-state index contributed by atoms with van der Waals surface area (Å²) >= 11 is 0. The normalized spacial score (nSPS) is 17.4. The maximum absolute atomic E-state index is 13.2. The second kappa shape index (κ2) is 9.69. The number of carbonyl (C=O) groups excluding carboxylic acids is 2. The summed E-state index contributed by atoms with van der Waals surface area (Å²) in [7, 11) is 0. The third kappa shape index (κ3) is 4.65. The first-order chi connectivity index (χ1) is 16.0. The number of amides is 1. The number of aliphatic hydroxyl groups is 1. The van der Waals surface area contributed by atoms with Crippen molar-refractivity contribution in [2.75, 3.05) is 6.61 Å². The van der Waals surface area contributed by atoms with Crippen molar-refractivity contribution >= 4 is 17.4 Å². The van der Waals surface area contributed by atoms with Crippen molar-refractivity contribution in [3.05, 3.63) is 101 Å². The molecule has 1 aliphatic heterocycles. The van der Waals surface area contributed by atoms with E-state index in [0.717, 1.165) is 23.1 Å². The maximum atomic E-state index is 13.2. The summed E-state index contributed by atoms with van der Waals surface area (Å²) in [6.07, 6.45) is 4.17. The zero-order chi connectivity index (χ0) is 23.4. The molecule has 1 N–H and O–H groups in total. The van der Waals surface area contributed by atoms with Crippen LogP contribution in [0.2, 0.25) is 0 Å². The van der Waals surface area contributed by atoms with Crippen molar-refractivity contribution in [2.45, 2.75) is 32.9 Å². The van der Waals surface area contributed by atoms with Crippen LogP contribution in [0.5, 0.6) is 5.75 Å². The molecule has 3 aromatic rings. The predicted octanol–water partition coefficient (Wildman–Crippen LogP) is 4.80. The van der Waals surface area contributed by atoms with Gasteiger partial charge in [0.1, 0.15) is 11.5 Å². The standard InChI is InChI=1S/C27H26N2O4/c1-3-14-33-22-8-4-7-21(15-22)25(30)23-24(20-11-9-18(2)10-12-20)29(27(32)26(23)31)17-19-6-5-13-28-16-19/h4-13,15-16,24,30H,3,14,17H2,1-2H3. The molecule has 1 amide bonds. The number of pyridine rings is 1. The molecular weight excluding hydrogens is 416 g/mol. The number of ether oxygens (including phenoxy) is 1. The first-order valence-electron chi connectivity index (χ1n) is 11.0. The van der Waals surface area contributed by atoms with Crippen molar-refractivity contribution in [2.24, 2.45) is 0 Å². The lowest BCUT2D eigenvalue weighted by Crippen LogP contribution is -2.29. The van der Waals surface area contributed by atoms with E-state index in [1.807, 2.05) is 44.2 Å². The zero-order valence-electron chi connectivity index (χ0n) is 18.7. The van der Waals surface area contributed by atoms with E-state index >= 15 is 0 Å². The van der Waals surface area contributed by atoms with E-state index in [4.69, 9.17) is 4.74 Å². The number of hydrogen-bond acceptors (Lipinski definition) is 5. The smallest absolute Gasteiger partial charge is 0.295 e. The van der Waals surface area contributed by atoms with Crippen LogP contribution in [0.4, 0.5) is 0 Å². The number of nitrogens with zero attached hydrogens (tertiary/aromatic N) is 2. The summed E-state index contributed by atoms with van der Waals surface area (Å²) in [5.74, 6) is -0.974. The molecule has 0 aliphatic carbocycles. The Balaban J connectivity index is 1.81. The first-order valence-corrected chi connectivity index (χ1v) is 11.0. The summed E-state index contributed by atoms with van der Waals surface area (Å²) in [6.45, 7) is 4.73. The van der Waals surface area contributed by atoms with Crippen LogP contribution >= 0.6 is 0 Å². The zero-order valence-corrected chi connectivity index (χ0v) is 18.7. The molecule has 6 nitrogen and oxygen atoms in total. The van der Waals surface area contributed by atoms with Crippen molar-refractivity contribution in [3.8, 4) is 5.75 Å². The van der Waals surface area contributed by atoms with Gasteiger partial charge < -0.3 is 14.7 Å². The van der Waals surface area contributed by atoms with E-state index in [-0.39, 0.29) is 17.9 Å². The van der Waals surface area contributed by atoms with E-state index in [2.05, 4.69) is 4.98 Å². The van der Waals surface area contributed by atoms with Gasteiger partial charge >= 0.3 is 0 Å². The predicted molar refractivity (Wildman–Crippen MR) is 125 cm³/mol. The van der Waals surface area contributed by atoms with Gasteiger partial charge in [-0.3, -0.25) is 14.6 Å². The highest BCUT2D eigenvalue weighted by atomic mass is 16.5. The number of ketones is 1. The molecule has 6 heteroatoms. The third-order valence-corrected chi connectivity index (χ3v) is 5.59. The fourth-order valence-corrected chi connectivity index (χ4v) is 3.94. The summed E-state index contributed by atoms with van der Waals surface area (Å²) in [5, 5.41) is 11.2. The molecule has 1 aliphatic rings. The monoisotopic (exact) mass is 442 g/mol. The Labute approximate surface area is 193 Å². The summed E-state index contributed by atoms with van der Waals surface area (Å²) in [4.78, 5) is 31.9. The molecule has 0 radical (unpaired) electrons. The molecule has 0 saturated carbocycles. The quantitative estimate of drug-likeness (QED) is 0.323. The Hall–Kier alpha value is -3.93. The molecule has 2 heterocycles. The Morgan fingerprint density at radius 2 is 1.88 bits per heavy atom. The topological polar surface area (TPSA) is 79.7 Å². The highest BCUT2D eigenvalue weighted by Gasteiger charge is 2.46. The van der Waals surface area contributed by atoms with Crippen LogP contribution in [0.15, 0.2) is 78.6 Å². The number of aromatic nitrogens is 1. The van der Waals surface area contributed by atoms with E-state index in [0.29, 0.717) is 17.9 Å². The van der Waals surface area contributed by atoms with Crippen LogP contribution in [0.1, 0.15) is 41.6 Å². The van der Waals surface area contributed by atoms with Gasteiger partial charge in [-0.2, -0.15) is 0 Å². The lowest BCUT2D eigenvalue weighted by atomic mass is 9.94. The molecule has 1 atom stereocenters. The third-order valence-electron chi connectivity index (χ3n) is 5.59. The molecule has 1 saturated heterocycles. The Kier molecular flexibility index (Phi) is 6.54. The van der Waals surface area contributed by atoms with Crippen LogP contribution in [0, 0.1) is 6.92 Å². The lowest BCUT2D eigenvalue weighted by Gasteiger charge is -2.25. The molecular formula is C27H26N2O4. The minimum absolute atomic E-state index is 0.0698. The number of likely N-dealkylation sites (tertiary alicyclic amines) is 1. The number of carbonyl (C=O) groups is 2. The summed E-state index contributed by atoms with van der Waals surface area (Å²) in [5.41, 5.74) is 3.11. The minimum Gasteiger partial charge on any atom is -0.507 e. The number of aryl methyl sites for hydroxylation is 1. The SMILES string of the molecule is CCCOc1cccc(C(O)=C2C(=O)C(=O)N(Cc3cccnc3)C2c2ccc(C)cc2)c1. The van der Waals surface area contributed by atoms with Crippen molar-refractivity contribution in [1.82, 2.24) is 9.88 Å². The molecule has 2 aromatic carbocycles. The van der Waals surface area contributed by atoms with Crippen molar-refractivity contribution < 1.29 is 19.4 Å². The van der Waals surface area contributed by atoms with Crippen LogP contribution in [0.3, 0.4) is 0 Å². The Morgan fingerprint density at radius 1 is 1.09 bits per heavy atom. The molecule has 1 fully saturated rings. The molecule has 168 valence electrons. The molecule has 0 bridgehead atoms. The molecule has 0 spiro atoms. The van der Waals surface area contributed by atoms with Gasteiger partial charge in [0.25, 0.3) is 11.7 Å². The van der Waals surface area contributed by atoms with Gasteiger partial charge in [0.2, 0.25) is 0 Å². The fraction of sp³-hybridized carbons (Fsp3) is 0.222. The van der Waals surface area contributed by atoms with Gasteiger partial charge in [-0.25, -0.2) is 0 Å². The lowest BCUT2D eigenvalue weighted by molar-refractivity contribution is -0.140. The van der Waals surface area contributed by atoms with E-state index < -0.39 is 17.7 Å². The van der Waals surface area contributed by atoms with Gasteiger partial charge in [-0.05, 0) is 42.7 Å². The largest absolute Gasteiger partial charge is 0.507 e. The maximum Gasteiger partial charge on any atom is 0.295 e. The number of hydrogen-bond donors (Lipinski definition) is 1. The second-order valence-corrected chi connectivity index (χ2v) is 8.08. The van der Waals surface area contributed by atoms with Crippen LogP contribution in [0.25, 0.3) is 5.76 Å². The van der Waals surface area contributed by atoms with E-state index in [1.54, 1.807) is 42.7 Å². The number of Topliss-reactive ketones (excluding diaryl/α,β-unsaturated/α-hetero) is 1. The van der Waals surface area contributed by atoms with Gasteiger partial charge in [-0.15, -0.1) is 0 Å². The van der Waals surface area contributed by atoms with Crippen molar-refractivity contribution in [1.29, 1.82) is 0 Å². The molecule has 1 unspecified atom stereocenters. The highest BCUT2D eigenvalue weighted by molar-refractivity contribution is 6.46. The molecule has 4 rings (SSSR count). The fourth-order valence-electron chi connectivity index (χ4n) is 3.94. The average Bonchev–Trinajstić information content (AvgIpc) is 3.08. The summed E-state index contributed by atoms with van der Waals surface area (Å²) in [6, 6.07) is 17.5. The first kappa shape index (κ1) is 22.3. The molecule has 1 aromatic heterocycles. The average molecular weight is 443 g/mol. The summed E-state index contributed by atoms with van der Waals surface area (Å²) < 4.78 is 5.68. The van der Waals surface area contributed by atoms with Crippen LogP contribution in [-0.2, 0) is 16.1 Å². The molecule has 33 heavy (non-hydrogen) atoms. The number of aliphatic hydroxyl groups excluding tert-OH is 1. The van der Waals surface area contributed by atoms with Crippen LogP contribution < -0.4 is 4.74 Å². The van der Waals surface area contributed by atoms with Crippen molar-refractivity contribution in [3.63, 3.8) is 0 Å². The Bertz CT molecular complexity index is 1190. The van der Waals surface area contributed by atoms with Gasteiger partial charge in [-0.1, -0.05) is 55.0 Å². The van der Waals surface area contributed by atoms with E-state index in [1.165, 1.54) is 4.90 Å². The van der Waals surface area contributed by atoms with Gasteiger partial charge in [0.15, 0.2) is 0 Å². The van der Waals surface area contributed by atoms with Gasteiger partial charge in [0.05, 0.1) is 18.2 Å². The number of benzene rings is 2. The second-order valence-electron chi connectivity index (χ2n) is 8.08. The minimum atomic E-state index is -0.717. The van der Waals surface area contributed by atoms with Gasteiger partial charge in [0, 0.05) is 24.5 Å². The van der Waals surface area contributed by atoms with Crippen LogP contribution in [-0.4, -0.2) is 33.3 Å².